The van der Waals surface area contributed by atoms with E-state index in [1.807, 2.05) is 19.1 Å². The summed E-state index contributed by atoms with van der Waals surface area (Å²) in [6, 6.07) is 6.41. The Kier molecular flexibility index (Phi) is 4.30. The van der Waals surface area contributed by atoms with E-state index in [-0.39, 0.29) is 12.1 Å². The topological polar surface area (TPSA) is 83.9 Å². The first kappa shape index (κ1) is 15.8. The number of carbonyl (C=O) groups is 3. The van der Waals surface area contributed by atoms with E-state index in [4.69, 9.17) is 0 Å². The molecule has 1 atom stereocenters. The minimum atomic E-state index is -0.787. The van der Waals surface area contributed by atoms with Crippen molar-refractivity contribution in [2.45, 2.75) is 19.9 Å². The number of ether oxygens (including phenoxy) is 1. The Morgan fingerprint density at radius 1 is 1.27 bits per heavy atom. The summed E-state index contributed by atoms with van der Waals surface area (Å²) >= 11 is 0. The van der Waals surface area contributed by atoms with Gasteiger partial charge >= 0.3 is 5.97 Å². The zero-order valence-corrected chi connectivity index (χ0v) is 12.6. The first-order chi connectivity index (χ1) is 10.4. The lowest BCUT2D eigenvalue weighted by molar-refractivity contribution is -0.146. The van der Waals surface area contributed by atoms with Gasteiger partial charge in [-0.3, -0.25) is 14.4 Å². The van der Waals surface area contributed by atoms with Crippen molar-refractivity contribution >= 4 is 17.7 Å². The summed E-state index contributed by atoms with van der Waals surface area (Å²) in [6.07, 6.45) is 0. The number of carbonyl (C=O) groups excluding carboxylic acids is 3. The average Bonchev–Trinajstić information content (AvgIpc) is 2.73. The van der Waals surface area contributed by atoms with Gasteiger partial charge in [-0.1, -0.05) is 29.8 Å². The lowest BCUT2D eigenvalue weighted by Crippen LogP contribution is -2.36. The van der Waals surface area contributed by atoms with Gasteiger partial charge in [-0.25, -0.2) is 0 Å². The minimum Gasteiger partial charge on any atom is -0.503 e. The third-order valence-electron chi connectivity index (χ3n) is 3.60. The normalized spacial score (nSPS) is 17.9. The molecule has 1 N–H and O–H groups in total. The van der Waals surface area contributed by atoms with Crippen LogP contribution >= 0.6 is 0 Å². The van der Waals surface area contributed by atoms with Gasteiger partial charge in [0, 0.05) is 0 Å². The zero-order chi connectivity index (χ0) is 16.4. The third-order valence-corrected chi connectivity index (χ3v) is 3.60. The van der Waals surface area contributed by atoms with Crippen LogP contribution < -0.4 is 0 Å². The highest BCUT2D eigenvalue weighted by Gasteiger charge is 2.43. The van der Waals surface area contributed by atoms with Crippen LogP contribution in [0.3, 0.4) is 0 Å². The molecular formula is C16H17NO5. The second kappa shape index (κ2) is 6.01. The maximum Gasteiger partial charge on any atom is 0.325 e. The number of rotatable bonds is 4. The van der Waals surface area contributed by atoms with Gasteiger partial charge in [0.15, 0.2) is 11.5 Å². The summed E-state index contributed by atoms with van der Waals surface area (Å²) in [4.78, 5) is 36.7. The molecule has 0 saturated heterocycles. The molecular weight excluding hydrogens is 286 g/mol. The van der Waals surface area contributed by atoms with E-state index in [1.54, 1.807) is 12.1 Å². The maximum absolute atomic E-state index is 12.2. The van der Waals surface area contributed by atoms with E-state index in [0.29, 0.717) is 5.56 Å². The van der Waals surface area contributed by atoms with E-state index in [9.17, 15) is 19.5 Å². The fourth-order valence-corrected chi connectivity index (χ4v) is 2.48. The van der Waals surface area contributed by atoms with Gasteiger partial charge in [-0.15, -0.1) is 0 Å². The van der Waals surface area contributed by atoms with Crippen LogP contribution in [0.5, 0.6) is 0 Å². The van der Waals surface area contributed by atoms with Crippen LogP contribution in [0.2, 0.25) is 0 Å². The second-order valence-corrected chi connectivity index (χ2v) is 5.14. The van der Waals surface area contributed by atoms with Crippen molar-refractivity contribution in [3.8, 4) is 0 Å². The van der Waals surface area contributed by atoms with Gasteiger partial charge in [0.05, 0.1) is 18.7 Å². The lowest BCUT2D eigenvalue weighted by Gasteiger charge is -2.25. The standard InChI is InChI=1S/C16H17NO5/c1-9-4-6-11(7-5-9)14-13(10(2)18)15(20)16(21)17(14)8-12(19)22-3/h4-7,14,20H,8H2,1-3H3. The van der Waals surface area contributed by atoms with Crippen molar-refractivity contribution in [2.24, 2.45) is 0 Å². The summed E-state index contributed by atoms with van der Waals surface area (Å²) in [5.74, 6) is -2.39. The van der Waals surface area contributed by atoms with E-state index >= 15 is 0 Å². The van der Waals surface area contributed by atoms with Crippen LogP contribution in [0.15, 0.2) is 35.6 Å². The van der Waals surface area contributed by atoms with Gasteiger partial charge in [-0.2, -0.15) is 0 Å². The molecule has 1 amide bonds. The number of hydrogen-bond donors (Lipinski definition) is 1. The first-order valence-corrected chi connectivity index (χ1v) is 6.75. The number of methoxy groups -OCH3 is 1. The van der Waals surface area contributed by atoms with Crippen LogP contribution in [0.25, 0.3) is 0 Å². The van der Waals surface area contributed by atoms with Crippen molar-refractivity contribution in [3.05, 3.63) is 46.7 Å². The number of aliphatic hydroxyl groups excluding tert-OH is 1. The van der Waals surface area contributed by atoms with E-state index in [2.05, 4.69) is 4.74 Å². The molecule has 0 saturated carbocycles. The van der Waals surface area contributed by atoms with Gasteiger partial charge in [0.25, 0.3) is 5.91 Å². The molecule has 6 heteroatoms. The lowest BCUT2D eigenvalue weighted by atomic mass is 9.96. The summed E-state index contributed by atoms with van der Waals surface area (Å²) in [7, 11) is 1.21. The fraction of sp³-hybridized carbons (Fsp3) is 0.312. The van der Waals surface area contributed by atoms with Crippen LogP contribution in [-0.2, 0) is 19.1 Å². The predicted octanol–water partition coefficient (Wildman–Crippen LogP) is 1.45. The molecule has 0 bridgehead atoms. The number of ketones is 1. The summed E-state index contributed by atoms with van der Waals surface area (Å²) < 4.78 is 4.58. The SMILES string of the molecule is COC(=O)CN1C(=O)C(O)=C(C(C)=O)C1c1ccc(C)cc1. The molecule has 0 aromatic heterocycles. The van der Waals surface area contributed by atoms with Gasteiger partial charge in [0.1, 0.15) is 6.54 Å². The number of aryl methyl sites for hydroxylation is 1. The Hall–Kier alpha value is -2.63. The number of esters is 1. The number of hydrogen-bond acceptors (Lipinski definition) is 5. The van der Waals surface area contributed by atoms with Crippen LogP contribution in [0, 0.1) is 6.92 Å². The predicted molar refractivity (Wildman–Crippen MR) is 78.0 cm³/mol. The molecule has 1 heterocycles. The molecule has 1 unspecified atom stereocenters. The highest BCUT2D eigenvalue weighted by atomic mass is 16.5. The van der Waals surface area contributed by atoms with Crippen LogP contribution in [0.1, 0.15) is 24.1 Å². The van der Waals surface area contributed by atoms with Crippen LogP contribution in [-0.4, -0.2) is 41.3 Å². The van der Waals surface area contributed by atoms with Gasteiger partial charge < -0.3 is 14.7 Å². The molecule has 0 spiro atoms. The smallest absolute Gasteiger partial charge is 0.325 e. The van der Waals surface area contributed by atoms with Crippen molar-refractivity contribution in [1.29, 1.82) is 0 Å². The quantitative estimate of drug-likeness (QED) is 0.851. The third kappa shape index (κ3) is 2.72. The zero-order valence-electron chi connectivity index (χ0n) is 12.6. The molecule has 2 rings (SSSR count). The van der Waals surface area contributed by atoms with E-state index in [1.165, 1.54) is 14.0 Å². The molecule has 6 nitrogen and oxygen atoms in total. The fourth-order valence-electron chi connectivity index (χ4n) is 2.48. The highest BCUT2D eigenvalue weighted by Crippen LogP contribution is 2.37. The number of benzene rings is 1. The monoisotopic (exact) mass is 303 g/mol. The Bertz CT molecular complexity index is 660. The number of nitrogens with zero attached hydrogens (tertiary/aromatic N) is 1. The average molecular weight is 303 g/mol. The van der Waals surface area contributed by atoms with Gasteiger partial charge in [-0.05, 0) is 19.4 Å². The van der Waals surface area contributed by atoms with Crippen LogP contribution in [0.4, 0.5) is 0 Å². The van der Waals surface area contributed by atoms with Gasteiger partial charge in [0.2, 0.25) is 0 Å². The van der Waals surface area contributed by atoms with E-state index < -0.39 is 29.5 Å². The van der Waals surface area contributed by atoms with Crippen molar-refractivity contribution < 1.29 is 24.2 Å². The van der Waals surface area contributed by atoms with Crippen molar-refractivity contribution in [1.82, 2.24) is 4.90 Å². The molecule has 1 aliphatic rings. The number of aliphatic hydroxyl groups is 1. The van der Waals surface area contributed by atoms with E-state index in [0.717, 1.165) is 10.5 Å². The Labute approximate surface area is 128 Å². The minimum absolute atomic E-state index is 0.00208. The Morgan fingerprint density at radius 2 is 1.86 bits per heavy atom. The Balaban J connectivity index is 2.50. The highest BCUT2D eigenvalue weighted by molar-refractivity contribution is 6.08. The molecule has 1 aromatic carbocycles. The summed E-state index contributed by atoms with van der Waals surface area (Å²) in [6.45, 7) is 2.85. The molecule has 0 fully saturated rings. The molecule has 116 valence electrons. The summed E-state index contributed by atoms with van der Waals surface area (Å²) in [5.41, 5.74) is 1.67. The summed E-state index contributed by atoms with van der Waals surface area (Å²) in [5, 5.41) is 9.99. The van der Waals surface area contributed by atoms with Crippen molar-refractivity contribution in [3.63, 3.8) is 0 Å². The largest absolute Gasteiger partial charge is 0.503 e. The Morgan fingerprint density at radius 3 is 2.36 bits per heavy atom. The number of Topliss-reactive ketones (excluding diaryl/α,β-unsaturated/α-hetero) is 1. The molecule has 1 aliphatic heterocycles. The first-order valence-electron chi connectivity index (χ1n) is 6.75. The maximum atomic E-state index is 12.2. The molecule has 0 aliphatic carbocycles. The number of amides is 1. The van der Waals surface area contributed by atoms with Crippen molar-refractivity contribution in [2.75, 3.05) is 13.7 Å². The second-order valence-electron chi connectivity index (χ2n) is 5.14. The molecule has 22 heavy (non-hydrogen) atoms. The molecule has 1 aromatic rings. The molecule has 0 radical (unpaired) electrons.